The van der Waals surface area contributed by atoms with Gasteiger partial charge >= 0.3 is 0 Å². The number of hydrogen-bond acceptors (Lipinski definition) is 7. The van der Waals surface area contributed by atoms with E-state index >= 15 is 0 Å². The summed E-state index contributed by atoms with van der Waals surface area (Å²) in [5.41, 5.74) is 4.17. The maximum Gasteiger partial charge on any atom is 0.234 e. The van der Waals surface area contributed by atoms with Gasteiger partial charge in [-0.1, -0.05) is 52.6 Å². The molecule has 1 aromatic heterocycles. The van der Waals surface area contributed by atoms with Crippen LogP contribution in [0.2, 0.25) is 0 Å². The molecule has 1 aromatic carbocycles. The van der Waals surface area contributed by atoms with Gasteiger partial charge in [-0.15, -0.1) is 10.2 Å². The Kier molecular flexibility index (Phi) is 8.78. The number of aryl methyl sites for hydroxylation is 3. The van der Waals surface area contributed by atoms with Gasteiger partial charge in [-0.25, -0.2) is 0 Å². The Hall–Kier alpha value is -1.58. The van der Waals surface area contributed by atoms with E-state index in [1.54, 1.807) is 4.90 Å². The lowest BCUT2D eigenvalue weighted by molar-refractivity contribution is -0.128. The third-order valence-corrected chi connectivity index (χ3v) is 7.27. The van der Waals surface area contributed by atoms with Gasteiger partial charge in [0, 0.05) is 18.8 Å². The Balaban J connectivity index is 1.84. The smallest absolute Gasteiger partial charge is 0.234 e. The Labute approximate surface area is 178 Å². The fourth-order valence-corrected chi connectivity index (χ4v) is 5.51. The molecule has 28 heavy (non-hydrogen) atoms. The number of nitrogens with one attached hydrogen (secondary N) is 1. The molecule has 2 amide bonds. The van der Waals surface area contributed by atoms with Crippen LogP contribution in [0, 0.1) is 20.8 Å². The van der Waals surface area contributed by atoms with Crippen molar-refractivity contribution < 1.29 is 9.59 Å². The van der Waals surface area contributed by atoms with Crippen LogP contribution in [0.5, 0.6) is 0 Å². The van der Waals surface area contributed by atoms with Crippen molar-refractivity contribution in [2.24, 2.45) is 0 Å². The molecule has 0 saturated heterocycles. The molecule has 0 atom stereocenters. The van der Waals surface area contributed by atoms with Crippen LogP contribution in [0.3, 0.4) is 0 Å². The van der Waals surface area contributed by atoms with Crippen LogP contribution in [-0.2, 0) is 9.59 Å². The molecule has 0 aliphatic carbocycles. The molecule has 0 spiro atoms. The largest absolute Gasteiger partial charge is 0.343 e. The van der Waals surface area contributed by atoms with Crippen molar-refractivity contribution in [3.8, 4) is 0 Å². The second kappa shape index (κ2) is 10.8. The Bertz CT molecular complexity index is 811. The van der Waals surface area contributed by atoms with Crippen molar-refractivity contribution in [1.82, 2.24) is 15.1 Å². The van der Waals surface area contributed by atoms with Crippen LogP contribution in [0.15, 0.2) is 20.8 Å². The average molecular weight is 439 g/mol. The first-order chi connectivity index (χ1) is 13.3. The minimum atomic E-state index is -0.0684. The summed E-state index contributed by atoms with van der Waals surface area (Å²) in [5.74, 6) is 0.654. The first-order valence-corrected chi connectivity index (χ1v) is 11.9. The first-order valence-electron chi connectivity index (χ1n) is 9.08. The van der Waals surface area contributed by atoms with E-state index in [2.05, 4.69) is 27.6 Å². The number of nitrogens with zero attached hydrogens (tertiary/aromatic N) is 3. The fraction of sp³-hybridized carbons (Fsp3) is 0.474. The standard InChI is InChI=1S/C19H26N4O2S3/c1-6-23(7-2)16(25)11-27-19-22-21-18(28-19)26-10-15(24)20-17-13(4)8-12(3)9-14(17)5/h8-9H,6-7,10-11H2,1-5H3,(H,20,24). The molecule has 9 heteroatoms. The molecular formula is C19H26N4O2S3. The normalized spacial score (nSPS) is 10.8. The highest BCUT2D eigenvalue weighted by molar-refractivity contribution is 8.03. The predicted octanol–water partition coefficient (Wildman–Crippen LogP) is 4.15. The van der Waals surface area contributed by atoms with E-state index in [4.69, 9.17) is 0 Å². The second-order valence-corrected chi connectivity index (χ2v) is 9.72. The summed E-state index contributed by atoms with van der Waals surface area (Å²) in [4.78, 5) is 26.2. The summed E-state index contributed by atoms with van der Waals surface area (Å²) >= 11 is 4.16. The average Bonchev–Trinajstić information content (AvgIpc) is 3.10. The van der Waals surface area contributed by atoms with Crippen LogP contribution in [0.4, 0.5) is 5.69 Å². The summed E-state index contributed by atoms with van der Waals surface area (Å²) in [6, 6.07) is 4.12. The van der Waals surface area contributed by atoms with Crippen molar-refractivity contribution in [3.05, 3.63) is 28.8 Å². The van der Waals surface area contributed by atoms with Crippen molar-refractivity contribution in [3.63, 3.8) is 0 Å². The third kappa shape index (κ3) is 6.49. The lowest BCUT2D eigenvalue weighted by Crippen LogP contribution is -2.31. The molecule has 0 radical (unpaired) electrons. The molecule has 0 saturated carbocycles. The van der Waals surface area contributed by atoms with Gasteiger partial charge in [0.05, 0.1) is 11.5 Å². The lowest BCUT2D eigenvalue weighted by Gasteiger charge is -2.17. The van der Waals surface area contributed by atoms with Crippen LogP contribution in [-0.4, -0.2) is 51.5 Å². The molecule has 1 heterocycles. The number of aromatic nitrogens is 2. The van der Waals surface area contributed by atoms with E-state index in [-0.39, 0.29) is 17.6 Å². The molecule has 0 fully saturated rings. The van der Waals surface area contributed by atoms with Crippen molar-refractivity contribution >= 4 is 52.4 Å². The number of carbonyl (C=O) groups is 2. The van der Waals surface area contributed by atoms with Gasteiger partial charge in [-0.3, -0.25) is 9.59 Å². The van der Waals surface area contributed by atoms with E-state index in [1.807, 2.05) is 34.6 Å². The molecule has 0 aliphatic rings. The molecule has 152 valence electrons. The predicted molar refractivity (Wildman–Crippen MR) is 119 cm³/mol. The Morgan fingerprint density at radius 2 is 1.54 bits per heavy atom. The van der Waals surface area contributed by atoms with Gasteiger partial charge in [0.2, 0.25) is 11.8 Å². The number of hydrogen-bond donors (Lipinski definition) is 1. The minimum absolute atomic E-state index is 0.0684. The number of anilines is 1. The highest BCUT2D eigenvalue weighted by Crippen LogP contribution is 2.29. The zero-order chi connectivity index (χ0) is 20.7. The summed E-state index contributed by atoms with van der Waals surface area (Å²) < 4.78 is 1.47. The zero-order valence-electron chi connectivity index (χ0n) is 16.9. The SMILES string of the molecule is CCN(CC)C(=O)CSc1nnc(SCC(=O)Nc2c(C)cc(C)cc2C)s1. The van der Waals surface area contributed by atoms with E-state index in [1.165, 1.54) is 40.4 Å². The van der Waals surface area contributed by atoms with Crippen LogP contribution in [0.25, 0.3) is 0 Å². The number of carbonyl (C=O) groups excluding carboxylic acids is 2. The zero-order valence-corrected chi connectivity index (χ0v) is 19.3. The van der Waals surface area contributed by atoms with Gasteiger partial charge in [0.25, 0.3) is 0 Å². The highest BCUT2D eigenvalue weighted by atomic mass is 32.2. The molecule has 0 unspecified atom stereocenters. The molecule has 2 aromatic rings. The topological polar surface area (TPSA) is 75.2 Å². The van der Waals surface area contributed by atoms with Crippen molar-refractivity contribution in [2.45, 2.75) is 43.3 Å². The molecule has 0 bridgehead atoms. The Morgan fingerprint density at radius 3 is 2.07 bits per heavy atom. The molecule has 2 rings (SSSR count). The summed E-state index contributed by atoms with van der Waals surface area (Å²) in [7, 11) is 0. The van der Waals surface area contributed by atoms with E-state index in [0.29, 0.717) is 18.8 Å². The monoisotopic (exact) mass is 438 g/mol. The maximum absolute atomic E-state index is 12.3. The molecule has 6 nitrogen and oxygen atoms in total. The number of rotatable bonds is 9. The van der Waals surface area contributed by atoms with Gasteiger partial charge in [-0.2, -0.15) is 0 Å². The van der Waals surface area contributed by atoms with Gasteiger partial charge in [0.1, 0.15) is 0 Å². The summed E-state index contributed by atoms with van der Waals surface area (Å²) in [6.07, 6.45) is 0. The number of benzene rings is 1. The second-order valence-electron chi connectivity index (χ2n) is 6.30. The Morgan fingerprint density at radius 1 is 1.00 bits per heavy atom. The first kappa shape index (κ1) is 22.7. The quantitative estimate of drug-likeness (QED) is 0.593. The van der Waals surface area contributed by atoms with E-state index in [9.17, 15) is 9.59 Å². The van der Waals surface area contributed by atoms with Crippen molar-refractivity contribution in [1.29, 1.82) is 0 Å². The fourth-order valence-electron chi connectivity index (χ4n) is 2.78. The highest BCUT2D eigenvalue weighted by Gasteiger charge is 2.14. The van der Waals surface area contributed by atoms with E-state index < -0.39 is 0 Å². The van der Waals surface area contributed by atoms with Gasteiger partial charge in [-0.05, 0) is 45.7 Å². The van der Waals surface area contributed by atoms with Crippen molar-refractivity contribution in [2.75, 3.05) is 29.9 Å². The molecule has 0 aliphatic heterocycles. The van der Waals surface area contributed by atoms with Gasteiger partial charge < -0.3 is 10.2 Å². The number of thioether (sulfide) groups is 2. The third-order valence-electron chi connectivity index (χ3n) is 4.09. The molecular weight excluding hydrogens is 412 g/mol. The summed E-state index contributed by atoms with van der Waals surface area (Å²) in [6.45, 7) is 11.4. The minimum Gasteiger partial charge on any atom is -0.343 e. The van der Waals surface area contributed by atoms with Crippen LogP contribution in [0.1, 0.15) is 30.5 Å². The lowest BCUT2D eigenvalue weighted by atomic mass is 10.1. The molecule has 1 N–H and O–H groups in total. The number of amides is 2. The summed E-state index contributed by atoms with van der Waals surface area (Å²) in [5, 5.41) is 11.2. The van der Waals surface area contributed by atoms with E-state index in [0.717, 1.165) is 25.5 Å². The van der Waals surface area contributed by atoms with Crippen LogP contribution < -0.4 is 5.32 Å². The van der Waals surface area contributed by atoms with Gasteiger partial charge in [0.15, 0.2) is 8.68 Å². The maximum atomic E-state index is 12.3. The van der Waals surface area contributed by atoms with Crippen LogP contribution >= 0.6 is 34.9 Å².